The molecule has 0 aliphatic carbocycles. The van der Waals surface area contributed by atoms with Crippen LogP contribution in [0.2, 0.25) is 0 Å². The third-order valence-electron chi connectivity index (χ3n) is 2.73. The molecule has 4 nitrogen and oxygen atoms in total. The molecule has 0 fully saturated rings. The van der Waals surface area contributed by atoms with Gasteiger partial charge in [0.2, 0.25) is 5.11 Å². The van der Waals surface area contributed by atoms with Gasteiger partial charge in [0, 0.05) is 18.0 Å². The van der Waals surface area contributed by atoms with E-state index >= 15 is 0 Å². The van der Waals surface area contributed by atoms with Crippen LogP contribution >= 0.6 is 23.6 Å². The summed E-state index contributed by atoms with van der Waals surface area (Å²) in [6.07, 6.45) is -0.175. The first-order chi connectivity index (χ1) is 8.75. The molecule has 90 valence electrons. The maximum atomic E-state index is 5.06. The average molecular weight is 274 g/mol. The van der Waals surface area contributed by atoms with Gasteiger partial charge in [-0.3, -0.25) is 0 Å². The van der Waals surface area contributed by atoms with E-state index in [1.807, 2.05) is 47.7 Å². The number of thiocarbonyl (C=S) groups is 1. The molecule has 18 heavy (non-hydrogen) atoms. The van der Waals surface area contributed by atoms with Crippen LogP contribution in [0.3, 0.4) is 0 Å². The van der Waals surface area contributed by atoms with Crippen LogP contribution in [-0.4, -0.2) is 22.0 Å². The number of thiazole rings is 1. The highest BCUT2D eigenvalue weighted by atomic mass is 32.1. The fourth-order valence-electron chi connectivity index (χ4n) is 1.73. The molecular weight excluding hydrogens is 264 g/mol. The van der Waals surface area contributed by atoms with Gasteiger partial charge in [0.1, 0.15) is 5.01 Å². The Bertz CT molecular complexity index is 606. The van der Waals surface area contributed by atoms with E-state index in [0.717, 1.165) is 16.3 Å². The molecule has 0 N–H and O–H groups in total. The van der Waals surface area contributed by atoms with Gasteiger partial charge in [-0.1, -0.05) is 30.3 Å². The van der Waals surface area contributed by atoms with E-state index < -0.39 is 0 Å². The molecule has 1 aromatic carbocycles. The molecule has 0 amide bonds. The Kier molecular flexibility index (Phi) is 2.89. The van der Waals surface area contributed by atoms with E-state index in [2.05, 4.69) is 15.2 Å². The van der Waals surface area contributed by atoms with Gasteiger partial charge < -0.3 is 4.90 Å². The van der Waals surface area contributed by atoms with Crippen molar-refractivity contribution in [1.82, 2.24) is 9.88 Å². The van der Waals surface area contributed by atoms with Gasteiger partial charge in [0.05, 0.1) is 5.69 Å². The van der Waals surface area contributed by atoms with E-state index in [9.17, 15) is 0 Å². The predicted molar refractivity (Wildman–Crippen MR) is 75.5 cm³/mol. The molecule has 3 rings (SSSR count). The minimum absolute atomic E-state index is 0.175. The lowest BCUT2D eigenvalue weighted by atomic mass is 10.2. The molecule has 0 bridgehead atoms. The quantitative estimate of drug-likeness (QED) is 0.787. The van der Waals surface area contributed by atoms with Gasteiger partial charge in [-0.25, -0.2) is 4.98 Å². The van der Waals surface area contributed by atoms with Crippen molar-refractivity contribution >= 4 is 28.7 Å². The zero-order valence-electron chi connectivity index (χ0n) is 9.65. The lowest BCUT2D eigenvalue weighted by Crippen LogP contribution is -2.22. The van der Waals surface area contributed by atoms with Gasteiger partial charge in [-0.2, -0.15) is 5.11 Å². The summed E-state index contributed by atoms with van der Waals surface area (Å²) in [5, 5.41) is 11.5. The van der Waals surface area contributed by atoms with Crippen LogP contribution in [0.1, 0.15) is 11.9 Å². The Morgan fingerprint density at radius 1 is 1.28 bits per heavy atom. The van der Waals surface area contributed by atoms with Crippen molar-refractivity contribution in [3.05, 3.63) is 41.4 Å². The lowest BCUT2D eigenvalue weighted by Gasteiger charge is -2.14. The maximum Gasteiger partial charge on any atom is 0.217 e. The Hall–Kier alpha value is -1.66. The Morgan fingerprint density at radius 3 is 2.72 bits per heavy atom. The number of azo groups is 1. The topological polar surface area (TPSA) is 40.9 Å². The van der Waals surface area contributed by atoms with Crippen molar-refractivity contribution < 1.29 is 0 Å². The molecule has 0 radical (unpaired) electrons. The minimum Gasteiger partial charge on any atom is -0.320 e. The molecule has 1 aliphatic heterocycles. The minimum atomic E-state index is -0.175. The van der Waals surface area contributed by atoms with Crippen LogP contribution in [0.4, 0.5) is 0 Å². The molecule has 0 saturated carbocycles. The third kappa shape index (κ3) is 1.93. The summed E-state index contributed by atoms with van der Waals surface area (Å²) in [6, 6.07) is 10.1. The maximum absolute atomic E-state index is 5.06. The van der Waals surface area contributed by atoms with E-state index in [1.54, 1.807) is 11.3 Å². The number of rotatable bonds is 2. The monoisotopic (exact) mass is 274 g/mol. The third-order valence-corrected chi connectivity index (χ3v) is 4.01. The van der Waals surface area contributed by atoms with Crippen LogP contribution in [0.5, 0.6) is 0 Å². The Morgan fingerprint density at radius 2 is 2.06 bits per heavy atom. The lowest BCUT2D eigenvalue weighted by molar-refractivity contribution is 0.407. The summed E-state index contributed by atoms with van der Waals surface area (Å²) in [4.78, 5) is 6.46. The fourth-order valence-corrected chi connectivity index (χ4v) is 2.72. The standard InChI is InChI=1S/C12H10N4S2/c1-16-10(14-15-12(16)17)9-7-18-11(13-9)8-5-3-2-4-6-8/h2-7,10H,1H3. The number of benzene rings is 1. The molecule has 0 saturated heterocycles. The highest BCUT2D eigenvalue weighted by Crippen LogP contribution is 2.31. The molecule has 2 heterocycles. The average Bonchev–Trinajstić information content (AvgIpc) is 3.00. The molecule has 6 heteroatoms. The second kappa shape index (κ2) is 4.55. The predicted octanol–water partition coefficient (Wildman–Crippen LogP) is 3.49. The summed E-state index contributed by atoms with van der Waals surface area (Å²) in [7, 11) is 1.88. The number of hydrogen-bond donors (Lipinski definition) is 0. The van der Waals surface area contributed by atoms with E-state index in [1.165, 1.54) is 0 Å². The highest BCUT2D eigenvalue weighted by molar-refractivity contribution is 7.80. The van der Waals surface area contributed by atoms with Gasteiger partial charge in [0.15, 0.2) is 6.17 Å². The largest absolute Gasteiger partial charge is 0.320 e. The van der Waals surface area contributed by atoms with Crippen LogP contribution in [0, 0.1) is 0 Å². The molecular formula is C12H10N4S2. The summed E-state index contributed by atoms with van der Waals surface area (Å²) >= 11 is 6.67. The van der Waals surface area contributed by atoms with Crippen molar-refractivity contribution in [2.24, 2.45) is 10.2 Å². The van der Waals surface area contributed by atoms with Gasteiger partial charge in [-0.05, 0) is 12.2 Å². The summed E-state index contributed by atoms with van der Waals surface area (Å²) in [5.74, 6) is 0. The second-order valence-electron chi connectivity index (χ2n) is 3.93. The fraction of sp³-hybridized carbons (Fsp3) is 0.167. The smallest absolute Gasteiger partial charge is 0.217 e. The van der Waals surface area contributed by atoms with Crippen molar-refractivity contribution in [2.45, 2.75) is 6.17 Å². The first kappa shape index (κ1) is 11.4. The van der Waals surface area contributed by atoms with Gasteiger partial charge in [-0.15, -0.1) is 16.5 Å². The zero-order valence-corrected chi connectivity index (χ0v) is 11.3. The molecule has 1 unspecified atom stereocenters. The Balaban J connectivity index is 1.91. The summed E-state index contributed by atoms with van der Waals surface area (Å²) in [6.45, 7) is 0. The Labute approximate surface area is 114 Å². The van der Waals surface area contributed by atoms with Crippen molar-refractivity contribution in [3.63, 3.8) is 0 Å². The second-order valence-corrected chi connectivity index (χ2v) is 5.15. The van der Waals surface area contributed by atoms with E-state index in [-0.39, 0.29) is 6.17 Å². The van der Waals surface area contributed by atoms with Crippen LogP contribution < -0.4 is 0 Å². The molecule has 1 aromatic heterocycles. The normalized spacial score (nSPS) is 18.6. The van der Waals surface area contributed by atoms with E-state index in [4.69, 9.17) is 12.2 Å². The van der Waals surface area contributed by atoms with Crippen LogP contribution in [0.25, 0.3) is 10.6 Å². The molecule has 2 aromatic rings. The SMILES string of the molecule is CN1C(=S)N=NC1c1csc(-c2ccccc2)n1. The highest BCUT2D eigenvalue weighted by Gasteiger charge is 2.26. The van der Waals surface area contributed by atoms with Crippen molar-refractivity contribution in [1.29, 1.82) is 0 Å². The number of hydrogen-bond acceptors (Lipinski definition) is 4. The van der Waals surface area contributed by atoms with Crippen LogP contribution in [-0.2, 0) is 0 Å². The molecule has 0 spiro atoms. The molecule has 1 atom stereocenters. The van der Waals surface area contributed by atoms with E-state index in [0.29, 0.717) is 5.11 Å². The zero-order chi connectivity index (χ0) is 12.5. The van der Waals surface area contributed by atoms with Crippen molar-refractivity contribution in [2.75, 3.05) is 7.05 Å². The molecule has 1 aliphatic rings. The number of nitrogens with zero attached hydrogens (tertiary/aromatic N) is 4. The first-order valence-electron chi connectivity index (χ1n) is 5.44. The van der Waals surface area contributed by atoms with Gasteiger partial charge >= 0.3 is 0 Å². The van der Waals surface area contributed by atoms with Gasteiger partial charge in [0.25, 0.3) is 0 Å². The first-order valence-corrected chi connectivity index (χ1v) is 6.73. The summed E-state index contributed by atoms with van der Waals surface area (Å²) in [5.41, 5.74) is 2.01. The van der Waals surface area contributed by atoms with Crippen LogP contribution in [0.15, 0.2) is 45.9 Å². The number of aromatic nitrogens is 1. The summed E-state index contributed by atoms with van der Waals surface area (Å²) < 4.78 is 0. The van der Waals surface area contributed by atoms with Crippen molar-refractivity contribution in [3.8, 4) is 10.6 Å².